The summed E-state index contributed by atoms with van der Waals surface area (Å²) in [5, 5.41) is 3.40. The van der Waals surface area contributed by atoms with E-state index in [1.807, 2.05) is 12.1 Å². The van der Waals surface area contributed by atoms with Crippen LogP contribution in [0.25, 0.3) is 0 Å². The summed E-state index contributed by atoms with van der Waals surface area (Å²) < 4.78 is 11.9. The lowest BCUT2D eigenvalue weighted by molar-refractivity contribution is 0.0772. The molecule has 0 saturated carbocycles. The van der Waals surface area contributed by atoms with E-state index in [-0.39, 0.29) is 24.7 Å². The maximum atomic E-state index is 13.6. The Kier molecular flexibility index (Phi) is 5.89. The number of rotatable bonds is 4. The number of benzene rings is 2. The Morgan fingerprint density at radius 3 is 2.66 bits per heavy atom. The SMILES string of the molecule is NC1=NC(Cc2ccc(Br)cc2)=CC(C2CCNCC2)N1C(=O)c1ccc2c(c1)OCO2. The van der Waals surface area contributed by atoms with E-state index in [1.165, 1.54) is 0 Å². The molecule has 0 aromatic heterocycles. The molecule has 0 radical (unpaired) electrons. The van der Waals surface area contributed by atoms with Crippen LogP contribution < -0.4 is 20.5 Å². The average molecular weight is 497 g/mol. The number of guanidine groups is 1. The van der Waals surface area contributed by atoms with Gasteiger partial charge in [-0.05, 0) is 73.8 Å². The molecule has 1 fully saturated rings. The van der Waals surface area contributed by atoms with Crippen LogP contribution in [0.4, 0.5) is 0 Å². The molecule has 0 bridgehead atoms. The van der Waals surface area contributed by atoms with E-state index in [4.69, 9.17) is 15.2 Å². The van der Waals surface area contributed by atoms with Crippen LogP contribution in [0.3, 0.4) is 0 Å². The number of ether oxygens (including phenoxy) is 2. The number of carbonyl (C=O) groups excluding carboxylic acids is 1. The summed E-state index contributed by atoms with van der Waals surface area (Å²) in [6.07, 6.45) is 4.75. The normalized spacial score (nSPS) is 20.7. The van der Waals surface area contributed by atoms with Crippen molar-refractivity contribution in [3.63, 3.8) is 0 Å². The van der Waals surface area contributed by atoms with Crippen molar-refractivity contribution in [1.82, 2.24) is 10.2 Å². The number of fused-ring (bicyclic) bond motifs is 1. The van der Waals surface area contributed by atoms with Gasteiger partial charge in [0.2, 0.25) is 12.8 Å². The maximum Gasteiger partial charge on any atom is 0.261 e. The van der Waals surface area contributed by atoms with Gasteiger partial charge in [0.1, 0.15) is 0 Å². The minimum Gasteiger partial charge on any atom is -0.454 e. The number of hydrogen-bond acceptors (Lipinski definition) is 6. The highest BCUT2D eigenvalue weighted by molar-refractivity contribution is 9.10. The zero-order valence-electron chi connectivity index (χ0n) is 17.6. The predicted octanol–water partition coefficient (Wildman–Crippen LogP) is 3.44. The van der Waals surface area contributed by atoms with E-state index in [1.54, 1.807) is 23.1 Å². The van der Waals surface area contributed by atoms with Gasteiger partial charge in [-0.25, -0.2) is 4.99 Å². The molecule has 0 spiro atoms. The molecule has 0 aliphatic carbocycles. The largest absolute Gasteiger partial charge is 0.454 e. The Hall–Kier alpha value is -2.84. The maximum absolute atomic E-state index is 13.6. The molecule has 8 heteroatoms. The van der Waals surface area contributed by atoms with Gasteiger partial charge >= 0.3 is 0 Å². The van der Waals surface area contributed by atoms with Crippen LogP contribution in [-0.4, -0.2) is 42.7 Å². The molecule has 5 rings (SSSR count). The zero-order chi connectivity index (χ0) is 22.1. The molecule has 1 saturated heterocycles. The first-order valence-electron chi connectivity index (χ1n) is 10.8. The Morgan fingerprint density at radius 2 is 1.88 bits per heavy atom. The standard InChI is InChI=1S/C24H25BrN4O3/c25-18-4-1-15(2-5-18)11-19-13-20(16-7-9-27-10-8-16)29(24(26)28-19)23(30)17-3-6-21-22(12-17)32-14-31-21/h1-6,12-13,16,20,27H,7-11,14H2,(H2,26,28). The van der Waals surface area contributed by atoms with Crippen LogP contribution in [0.5, 0.6) is 11.5 Å². The predicted molar refractivity (Wildman–Crippen MR) is 126 cm³/mol. The molecule has 7 nitrogen and oxygen atoms in total. The average Bonchev–Trinajstić information content (AvgIpc) is 3.28. The van der Waals surface area contributed by atoms with Gasteiger partial charge in [-0.2, -0.15) is 0 Å². The van der Waals surface area contributed by atoms with Crippen LogP contribution in [-0.2, 0) is 6.42 Å². The fourth-order valence-corrected chi connectivity index (χ4v) is 4.78. The first-order chi connectivity index (χ1) is 15.6. The Bertz CT molecular complexity index is 1080. The summed E-state index contributed by atoms with van der Waals surface area (Å²) in [4.78, 5) is 19.9. The number of allylic oxidation sites excluding steroid dienone is 1. The van der Waals surface area contributed by atoms with Crippen molar-refractivity contribution in [2.75, 3.05) is 19.9 Å². The molecule has 32 heavy (non-hydrogen) atoms. The van der Waals surface area contributed by atoms with Crippen LogP contribution in [0.15, 0.2) is 63.7 Å². The molecule has 2 aromatic carbocycles. The Morgan fingerprint density at radius 1 is 1.12 bits per heavy atom. The number of nitrogens with zero attached hydrogens (tertiary/aromatic N) is 2. The second kappa shape index (κ2) is 8.96. The van der Waals surface area contributed by atoms with Gasteiger partial charge in [-0.1, -0.05) is 28.1 Å². The monoisotopic (exact) mass is 496 g/mol. The summed E-state index contributed by atoms with van der Waals surface area (Å²) >= 11 is 3.48. The minimum absolute atomic E-state index is 0.141. The van der Waals surface area contributed by atoms with E-state index in [9.17, 15) is 4.79 Å². The number of nitrogens with one attached hydrogen (secondary N) is 1. The number of hydrogen-bond donors (Lipinski definition) is 2. The smallest absolute Gasteiger partial charge is 0.261 e. The quantitative estimate of drug-likeness (QED) is 0.676. The highest BCUT2D eigenvalue weighted by Crippen LogP contribution is 2.34. The van der Waals surface area contributed by atoms with E-state index in [2.05, 4.69) is 44.4 Å². The third-order valence-corrected chi connectivity index (χ3v) is 6.70. The van der Waals surface area contributed by atoms with Crippen LogP contribution in [0, 0.1) is 5.92 Å². The van der Waals surface area contributed by atoms with Gasteiger partial charge in [0.25, 0.3) is 5.91 Å². The number of carbonyl (C=O) groups is 1. The lowest BCUT2D eigenvalue weighted by Gasteiger charge is -2.39. The van der Waals surface area contributed by atoms with E-state index in [0.29, 0.717) is 29.4 Å². The summed E-state index contributed by atoms with van der Waals surface area (Å²) in [6, 6.07) is 13.3. The topological polar surface area (TPSA) is 89.2 Å². The zero-order valence-corrected chi connectivity index (χ0v) is 19.2. The summed E-state index contributed by atoms with van der Waals surface area (Å²) in [6.45, 7) is 2.03. The number of halogens is 1. The lowest BCUT2D eigenvalue weighted by atomic mass is 9.87. The third kappa shape index (κ3) is 4.25. The summed E-state index contributed by atoms with van der Waals surface area (Å²) in [5.41, 5.74) is 8.98. The van der Waals surface area contributed by atoms with Crippen molar-refractivity contribution in [2.45, 2.75) is 25.3 Å². The molecule has 3 aliphatic heterocycles. The third-order valence-electron chi connectivity index (χ3n) is 6.17. The van der Waals surface area contributed by atoms with Gasteiger partial charge in [-0.3, -0.25) is 9.69 Å². The molecule has 1 unspecified atom stereocenters. The first kappa shape index (κ1) is 21.0. The van der Waals surface area contributed by atoms with Gasteiger partial charge in [0, 0.05) is 22.2 Å². The fourth-order valence-electron chi connectivity index (χ4n) is 4.51. The summed E-state index contributed by atoms with van der Waals surface area (Å²) in [5.74, 6) is 1.60. The van der Waals surface area contributed by atoms with E-state index in [0.717, 1.165) is 41.7 Å². The number of nitrogens with two attached hydrogens (primary N) is 1. The van der Waals surface area contributed by atoms with Crippen LogP contribution in [0.1, 0.15) is 28.8 Å². The number of amides is 1. The van der Waals surface area contributed by atoms with Crippen molar-refractivity contribution in [2.24, 2.45) is 16.6 Å². The van der Waals surface area contributed by atoms with Crippen molar-refractivity contribution in [1.29, 1.82) is 0 Å². The molecular formula is C24H25BrN4O3. The van der Waals surface area contributed by atoms with Gasteiger partial charge < -0.3 is 20.5 Å². The van der Waals surface area contributed by atoms with Crippen molar-refractivity contribution in [3.05, 3.63) is 69.8 Å². The van der Waals surface area contributed by atoms with Crippen LogP contribution in [0.2, 0.25) is 0 Å². The second-order valence-electron chi connectivity index (χ2n) is 8.25. The molecule has 3 heterocycles. The molecule has 3 N–H and O–H groups in total. The van der Waals surface area contributed by atoms with Crippen molar-refractivity contribution >= 4 is 27.8 Å². The lowest BCUT2D eigenvalue weighted by Crippen LogP contribution is -2.53. The molecule has 1 amide bonds. The Labute approximate surface area is 195 Å². The van der Waals surface area contributed by atoms with E-state index >= 15 is 0 Å². The minimum atomic E-state index is -0.174. The van der Waals surface area contributed by atoms with Crippen LogP contribution >= 0.6 is 15.9 Å². The molecule has 166 valence electrons. The molecule has 2 aromatic rings. The van der Waals surface area contributed by atoms with Gasteiger partial charge in [0.05, 0.1) is 6.04 Å². The van der Waals surface area contributed by atoms with E-state index < -0.39 is 0 Å². The Balaban J connectivity index is 1.45. The summed E-state index contributed by atoms with van der Waals surface area (Å²) in [7, 11) is 0. The van der Waals surface area contributed by atoms with Gasteiger partial charge in [0.15, 0.2) is 11.5 Å². The molecule has 3 aliphatic rings. The molecular weight excluding hydrogens is 472 g/mol. The number of aliphatic imine (C=N–C) groups is 1. The second-order valence-corrected chi connectivity index (χ2v) is 9.17. The van der Waals surface area contributed by atoms with Gasteiger partial charge in [-0.15, -0.1) is 0 Å². The fraction of sp³-hybridized carbons (Fsp3) is 0.333. The highest BCUT2D eigenvalue weighted by atomic mass is 79.9. The molecule has 1 atom stereocenters. The number of piperidine rings is 1. The highest BCUT2D eigenvalue weighted by Gasteiger charge is 2.36. The first-order valence-corrected chi connectivity index (χ1v) is 11.6. The van der Waals surface area contributed by atoms with Crippen molar-refractivity contribution < 1.29 is 14.3 Å². The van der Waals surface area contributed by atoms with Crippen molar-refractivity contribution in [3.8, 4) is 11.5 Å².